The Hall–Kier alpha value is -1.04. The highest BCUT2D eigenvalue weighted by Crippen LogP contribution is 2.08. The minimum absolute atomic E-state index is 0.0496. The molecule has 0 aliphatic rings. The zero-order valence-corrected chi connectivity index (χ0v) is 7.09. The Morgan fingerprint density at radius 3 is 2.54 bits per heavy atom. The smallest absolute Gasteiger partial charge is 0.512 e. The van der Waals surface area contributed by atoms with Crippen LogP contribution in [0.15, 0.2) is 30.3 Å². The molecular weight excluding hydrogens is 171 g/mol. The second-order valence-electron chi connectivity index (χ2n) is 2.33. The predicted molar refractivity (Wildman–Crippen MR) is 48.1 cm³/mol. The molecule has 0 fully saturated rings. The minimum atomic E-state index is -1.32. The van der Waals surface area contributed by atoms with Crippen molar-refractivity contribution < 1.29 is 19.4 Å². The van der Waals surface area contributed by atoms with E-state index in [1.807, 2.05) is 6.07 Å². The summed E-state index contributed by atoms with van der Waals surface area (Å²) in [6.07, 6.45) is 0. The van der Waals surface area contributed by atoms with Crippen LogP contribution in [-0.4, -0.2) is 30.7 Å². The lowest BCUT2D eigenvalue weighted by molar-refractivity contribution is 0.145. The van der Waals surface area contributed by atoms with Crippen LogP contribution in [0.25, 0.3) is 0 Å². The molecule has 1 aromatic carbocycles. The number of aliphatic hydroxyl groups excluding tert-OH is 1. The first-order valence-corrected chi connectivity index (χ1v) is 3.95. The van der Waals surface area contributed by atoms with Crippen LogP contribution in [0.1, 0.15) is 0 Å². The van der Waals surface area contributed by atoms with Crippen molar-refractivity contribution >= 4 is 7.32 Å². The van der Waals surface area contributed by atoms with Gasteiger partial charge in [-0.2, -0.15) is 0 Å². The fourth-order valence-corrected chi connectivity index (χ4v) is 0.803. The Bertz CT molecular complexity index is 229. The topological polar surface area (TPSA) is 58.9 Å². The van der Waals surface area contributed by atoms with Crippen molar-refractivity contribution in [1.29, 1.82) is 0 Å². The van der Waals surface area contributed by atoms with Gasteiger partial charge in [-0.05, 0) is 12.1 Å². The lowest BCUT2D eigenvalue weighted by Crippen LogP contribution is -2.27. The molecule has 0 aliphatic heterocycles. The molecule has 0 spiro atoms. The third-order valence-corrected chi connectivity index (χ3v) is 1.33. The Kier molecular flexibility index (Phi) is 4.32. The van der Waals surface area contributed by atoms with Gasteiger partial charge in [-0.15, -0.1) is 0 Å². The van der Waals surface area contributed by atoms with Crippen LogP contribution < -0.4 is 4.65 Å². The molecule has 0 unspecified atom stereocenters. The summed E-state index contributed by atoms with van der Waals surface area (Å²) in [5.41, 5.74) is 0. The molecule has 13 heavy (non-hydrogen) atoms. The fourth-order valence-electron chi connectivity index (χ4n) is 0.803. The van der Waals surface area contributed by atoms with Gasteiger partial charge in [-0.1, -0.05) is 18.2 Å². The Morgan fingerprint density at radius 2 is 1.92 bits per heavy atom. The lowest BCUT2D eigenvalue weighted by atomic mass is 10.2. The first kappa shape index (κ1) is 10.0. The number of hydrogen-bond donors (Lipinski definition) is 2. The van der Waals surface area contributed by atoms with Crippen molar-refractivity contribution in [2.45, 2.75) is 0 Å². The van der Waals surface area contributed by atoms with Crippen LogP contribution in [0, 0.1) is 0 Å². The van der Waals surface area contributed by atoms with Crippen LogP contribution in [0.5, 0.6) is 5.75 Å². The first-order chi connectivity index (χ1) is 6.33. The SMILES string of the molecule is OCCOB(O)Oc1ccccc1. The van der Waals surface area contributed by atoms with E-state index in [2.05, 4.69) is 4.65 Å². The van der Waals surface area contributed by atoms with Crippen molar-refractivity contribution in [3.05, 3.63) is 30.3 Å². The number of aliphatic hydroxyl groups is 1. The number of para-hydroxylation sites is 1. The van der Waals surface area contributed by atoms with Gasteiger partial charge in [0.1, 0.15) is 5.75 Å². The average Bonchev–Trinajstić information content (AvgIpc) is 2.16. The van der Waals surface area contributed by atoms with Crippen LogP contribution >= 0.6 is 0 Å². The third kappa shape index (κ3) is 3.94. The van der Waals surface area contributed by atoms with Gasteiger partial charge in [-0.3, -0.25) is 0 Å². The van der Waals surface area contributed by atoms with Gasteiger partial charge in [0.25, 0.3) is 0 Å². The molecule has 0 atom stereocenters. The molecule has 0 radical (unpaired) electrons. The van der Waals surface area contributed by atoms with Gasteiger partial charge in [-0.25, -0.2) is 0 Å². The summed E-state index contributed by atoms with van der Waals surface area (Å²) in [4.78, 5) is 0. The van der Waals surface area contributed by atoms with E-state index in [4.69, 9.17) is 14.8 Å². The van der Waals surface area contributed by atoms with E-state index >= 15 is 0 Å². The standard InChI is InChI=1S/C8H11BO4/c10-6-7-12-9(11)13-8-4-2-1-3-5-8/h1-5,10-11H,6-7H2. The van der Waals surface area contributed by atoms with Crippen molar-refractivity contribution in [3.63, 3.8) is 0 Å². The molecule has 0 saturated heterocycles. The summed E-state index contributed by atoms with van der Waals surface area (Å²) >= 11 is 0. The molecule has 0 aliphatic carbocycles. The lowest BCUT2D eigenvalue weighted by Gasteiger charge is -2.08. The van der Waals surface area contributed by atoms with Gasteiger partial charge in [0.2, 0.25) is 0 Å². The first-order valence-electron chi connectivity index (χ1n) is 3.95. The van der Waals surface area contributed by atoms with Gasteiger partial charge >= 0.3 is 7.32 Å². The Labute approximate surface area is 76.9 Å². The molecule has 5 heteroatoms. The molecule has 0 aromatic heterocycles. The molecule has 0 heterocycles. The molecule has 0 saturated carbocycles. The molecule has 1 rings (SSSR count). The van der Waals surface area contributed by atoms with E-state index in [1.165, 1.54) is 0 Å². The number of benzene rings is 1. The summed E-state index contributed by atoms with van der Waals surface area (Å²) in [7, 11) is -1.32. The van der Waals surface area contributed by atoms with Crippen molar-refractivity contribution in [3.8, 4) is 5.75 Å². The second-order valence-corrected chi connectivity index (χ2v) is 2.33. The van der Waals surface area contributed by atoms with Crippen LogP contribution in [0.4, 0.5) is 0 Å². The Morgan fingerprint density at radius 1 is 1.23 bits per heavy atom. The summed E-state index contributed by atoms with van der Waals surface area (Å²) in [5, 5.41) is 17.5. The summed E-state index contributed by atoms with van der Waals surface area (Å²) < 4.78 is 9.62. The van der Waals surface area contributed by atoms with E-state index in [9.17, 15) is 0 Å². The Balaban J connectivity index is 2.32. The molecule has 2 N–H and O–H groups in total. The summed E-state index contributed by atoms with van der Waals surface area (Å²) in [6, 6.07) is 8.81. The number of rotatable bonds is 5. The molecule has 4 nitrogen and oxygen atoms in total. The molecule has 70 valence electrons. The van der Waals surface area contributed by atoms with Crippen molar-refractivity contribution in [2.75, 3.05) is 13.2 Å². The van der Waals surface area contributed by atoms with E-state index in [1.54, 1.807) is 24.3 Å². The molecule has 1 aromatic rings. The van der Waals surface area contributed by atoms with Crippen molar-refractivity contribution in [1.82, 2.24) is 0 Å². The zero-order chi connectivity index (χ0) is 9.52. The second kappa shape index (κ2) is 5.58. The fraction of sp³-hybridized carbons (Fsp3) is 0.250. The zero-order valence-electron chi connectivity index (χ0n) is 7.09. The maximum absolute atomic E-state index is 9.08. The average molecular weight is 182 g/mol. The monoisotopic (exact) mass is 182 g/mol. The quantitative estimate of drug-likeness (QED) is 0.631. The summed E-state index contributed by atoms with van der Waals surface area (Å²) in [5.74, 6) is 0.521. The van der Waals surface area contributed by atoms with Gasteiger partial charge in [0.15, 0.2) is 0 Å². The highest BCUT2D eigenvalue weighted by Gasteiger charge is 2.17. The minimum Gasteiger partial charge on any atom is -0.512 e. The summed E-state index contributed by atoms with van der Waals surface area (Å²) in [6.45, 7) is -0.0940. The molecule has 0 bridgehead atoms. The van der Waals surface area contributed by atoms with E-state index in [-0.39, 0.29) is 13.2 Å². The maximum atomic E-state index is 9.08. The van der Waals surface area contributed by atoms with Gasteiger partial charge in [0.05, 0.1) is 13.2 Å². The normalized spacial score (nSPS) is 9.69. The van der Waals surface area contributed by atoms with Crippen LogP contribution in [0.3, 0.4) is 0 Å². The number of hydrogen-bond acceptors (Lipinski definition) is 4. The van der Waals surface area contributed by atoms with E-state index in [0.29, 0.717) is 5.75 Å². The molecular formula is C8H11BO4. The molecule has 0 amide bonds. The van der Waals surface area contributed by atoms with Gasteiger partial charge < -0.3 is 19.4 Å². The van der Waals surface area contributed by atoms with E-state index in [0.717, 1.165) is 0 Å². The van der Waals surface area contributed by atoms with Crippen molar-refractivity contribution in [2.24, 2.45) is 0 Å². The highest BCUT2D eigenvalue weighted by atomic mass is 16.7. The van der Waals surface area contributed by atoms with Gasteiger partial charge in [0, 0.05) is 0 Å². The van der Waals surface area contributed by atoms with Crippen LogP contribution in [-0.2, 0) is 4.65 Å². The highest BCUT2D eigenvalue weighted by molar-refractivity contribution is 6.35. The maximum Gasteiger partial charge on any atom is 0.710 e. The van der Waals surface area contributed by atoms with Crippen LogP contribution in [0.2, 0.25) is 0 Å². The largest absolute Gasteiger partial charge is 0.710 e. The predicted octanol–water partition coefficient (Wildman–Crippen LogP) is 0.0515. The third-order valence-electron chi connectivity index (χ3n) is 1.33. The van der Waals surface area contributed by atoms with E-state index < -0.39 is 7.32 Å².